The van der Waals surface area contributed by atoms with Crippen molar-refractivity contribution in [3.63, 3.8) is 0 Å². The summed E-state index contributed by atoms with van der Waals surface area (Å²) in [6.45, 7) is 21.0. The van der Waals surface area contributed by atoms with Crippen LogP contribution in [0.15, 0.2) is 12.7 Å². The molecule has 112 valence electrons. The maximum Gasteiger partial charge on any atom is 0.192 e. The smallest absolute Gasteiger partial charge is 0.192 e. The number of rotatable bonds is 7. The van der Waals surface area contributed by atoms with E-state index in [9.17, 15) is 4.79 Å². The molecule has 3 heteroatoms. The van der Waals surface area contributed by atoms with Crippen molar-refractivity contribution in [1.29, 1.82) is 0 Å². The molecular formula is C16H32O2Si. The fraction of sp³-hybridized carbons (Fsp3) is 0.812. The van der Waals surface area contributed by atoms with Crippen molar-refractivity contribution >= 4 is 14.1 Å². The quantitative estimate of drug-likeness (QED) is 0.495. The zero-order valence-electron chi connectivity index (χ0n) is 14.0. The van der Waals surface area contributed by atoms with Crippen LogP contribution in [0.25, 0.3) is 0 Å². The second-order valence-corrected chi connectivity index (χ2v) is 11.8. The van der Waals surface area contributed by atoms with Gasteiger partial charge in [-0.2, -0.15) is 0 Å². The maximum absolute atomic E-state index is 12.0. The van der Waals surface area contributed by atoms with Gasteiger partial charge in [0.05, 0.1) is 6.10 Å². The van der Waals surface area contributed by atoms with E-state index < -0.39 is 8.32 Å². The van der Waals surface area contributed by atoms with Gasteiger partial charge in [-0.15, -0.1) is 6.58 Å². The predicted molar refractivity (Wildman–Crippen MR) is 85.9 cm³/mol. The van der Waals surface area contributed by atoms with E-state index in [1.165, 1.54) is 0 Å². The lowest BCUT2D eigenvalue weighted by atomic mass is 9.89. The molecule has 0 aliphatic rings. The molecule has 0 saturated heterocycles. The fourth-order valence-electron chi connectivity index (χ4n) is 1.82. The summed E-state index contributed by atoms with van der Waals surface area (Å²) in [6.07, 6.45) is 2.42. The molecule has 2 nitrogen and oxygen atoms in total. The van der Waals surface area contributed by atoms with E-state index >= 15 is 0 Å². The number of carbonyl (C=O) groups is 1. The molecule has 0 unspecified atom stereocenters. The van der Waals surface area contributed by atoms with Gasteiger partial charge < -0.3 is 4.43 Å². The third-order valence-corrected chi connectivity index (χ3v) is 8.95. The molecule has 0 heterocycles. The summed E-state index contributed by atoms with van der Waals surface area (Å²) in [7, 11) is -1.87. The van der Waals surface area contributed by atoms with Gasteiger partial charge in [0, 0.05) is 12.3 Å². The van der Waals surface area contributed by atoms with E-state index in [0.717, 1.165) is 0 Å². The first-order valence-electron chi connectivity index (χ1n) is 7.31. The van der Waals surface area contributed by atoms with Crippen LogP contribution in [0.5, 0.6) is 0 Å². The molecule has 0 spiro atoms. The molecule has 0 aliphatic heterocycles. The highest BCUT2D eigenvalue weighted by Crippen LogP contribution is 2.39. The van der Waals surface area contributed by atoms with Crippen molar-refractivity contribution in [1.82, 2.24) is 0 Å². The van der Waals surface area contributed by atoms with Crippen LogP contribution in [0.2, 0.25) is 18.1 Å². The van der Waals surface area contributed by atoms with Crippen molar-refractivity contribution in [2.75, 3.05) is 0 Å². The number of hydrogen-bond acceptors (Lipinski definition) is 2. The summed E-state index contributed by atoms with van der Waals surface area (Å²) in [5.74, 6) is 0.407. The van der Waals surface area contributed by atoms with Crippen LogP contribution in [0.3, 0.4) is 0 Å². The van der Waals surface area contributed by atoms with E-state index in [1.54, 1.807) is 0 Å². The Morgan fingerprint density at radius 1 is 1.32 bits per heavy atom. The summed E-state index contributed by atoms with van der Waals surface area (Å²) in [6, 6.07) is 0. The number of Topliss-reactive ketones (excluding diaryl/α,β-unsaturated/α-hetero) is 1. The van der Waals surface area contributed by atoms with Crippen molar-refractivity contribution in [3.8, 4) is 0 Å². The topological polar surface area (TPSA) is 26.3 Å². The Balaban J connectivity index is 5.19. The second-order valence-electron chi connectivity index (χ2n) is 7.05. The summed E-state index contributed by atoms with van der Waals surface area (Å²) < 4.78 is 6.49. The average Bonchev–Trinajstić information content (AvgIpc) is 2.31. The van der Waals surface area contributed by atoms with Crippen LogP contribution in [-0.2, 0) is 9.22 Å². The lowest BCUT2D eigenvalue weighted by Crippen LogP contribution is -2.48. The summed E-state index contributed by atoms with van der Waals surface area (Å²) in [5, 5.41) is 0.154. The first-order valence-corrected chi connectivity index (χ1v) is 10.2. The fourth-order valence-corrected chi connectivity index (χ4v) is 3.27. The molecule has 19 heavy (non-hydrogen) atoms. The first-order chi connectivity index (χ1) is 8.47. The van der Waals surface area contributed by atoms with Gasteiger partial charge >= 0.3 is 0 Å². The third-order valence-electron chi connectivity index (χ3n) is 4.48. The Hall–Kier alpha value is -0.413. The van der Waals surface area contributed by atoms with Crippen molar-refractivity contribution in [2.45, 2.75) is 72.2 Å². The van der Waals surface area contributed by atoms with Crippen LogP contribution in [-0.4, -0.2) is 20.2 Å². The van der Waals surface area contributed by atoms with Crippen molar-refractivity contribution in [3.05, 3.63) is 12.7 Å². The molecule has 0 aromatic carbocycles. The Labute approximate surface area is 120 Å². The van der Waals surface area contributed by atoms with Gasteiger partial charge in [-0.3, -0.25) is 4.79 Å². The van der Waals surface area contributed by atoms with Crippen LogP contribution in [0.1, 0.15) is 48.0 Å². The molecule has 0 fully saturated rings. The molecule has 0 aromatic heterocycles. The number of carbonyl (C=O) groups excluding carboxylic acids is 1. The van der Waals surface area contributed by atoms with E-state index in [2.05, 4.69) is 47.4 Å². The predicted octanol–water partition coefficient (Wildman–Crippen LogP) is 4.81. The summed E-state index contributed by atoms with van der Waals surface area (Å²) in [5.41, 5.74) is 0. The van der Waals surface area contributed by atoms with E-state index in [0.29, 0.717) is 6.42 Å². The van der Waals surface area contributed by atoms with E-state index in [1.807, 2.05) is 19.9 Å². The van der Waals surface area contributed by atoms with E-state index in [4.69, 9.17) is 4.43 Å². The molecule has 0 amide bonds. The minimum Gasteiger partial charge on any atom is -0.413 e. The highest BCUT2D eigenvalue weighted by molar-refractivity contribution is 6.74. The minimum absolute atomic E-state index is 0.0501. The SMILES string of the molecule is C=C[C@H](C)[C@@H](O[Si](C)(C)C(C)(C)C)[C@H](C)C(=O)CC. The Morgan fingerprint density at radius 3 is 2.11 bits per heavy atom. The van der Waals surface area contributed by atoms with Gasteiger partial charge in [-0.05, 0) is 24.1 Å². The first kappa shape index (κ1) is 18.6. The lowest BCUT2D eigenvalue weighted by molar-refractivity contribution is -0.125. The highest BCUT2D eigenvalue weighted by atomic mass is 28.4. The Bertz CT molecular complexity index is 315. The average molecular weight is 285 g/mol. The molecule has 0 rings (SSSR count). The van der Waals surface area contributed by atoms with Crippen LogP contribution in [0.4, 0.5) is 0 Å². The van der Waals surface area contributed by atoms with E-state index in [-0.39, 0.29) is 28.8 Å². The van der Waals surface area contributed by atoms with Crippen LogP contribution >= 0.6 is 0 Å². The van der Waals surface area contributed by atoms with Gasteiger partial charge in [0.2, 0.25) is 0 Å². The molecule has 3 atom stereocenters. The van der Waals surface area contributed by atoms with Crippen LogP contribution < -0.4 is 0 Å². The highest BCUT2D eigenvalue weighted by Gasteiger charge is 2.41. The number of hydrogen-bond donors (Lipinski definition) is 0. The van der Waals surface area contributed by atoms with Gasteiger partial charge in [0.25, 0.3) is 0 Å². The molecule has 0 radical (unpaired) electrons. The molecule has 0 bridgehead atoms. The molecular weight excluding hydrogens is 252 g/mol. The van der Waals surface area contributed by atoms with Gasteiger partial charge in [0.15, 0.2) is 8.32 Å². The second kappa shape index (κ2) is 6.85. The normalized spacial score (nSPS) is 17.7. The Morgan fingerprint density at radius 2 is 1.79 bits per heavy atom. The summed E-state index contributed by atoms with van der Waals surface area (Å²) >= 11 is 0. The van der Waals surface area contributed by atoms with Gasteiger partial charge in [0.1, 0.15) is 5.78 Å². The third kappa shape index (κ3) is 4.88. The molecule has 0 N–H and O–H groups in total. The zero-order chi connectivity index (χ0) is 15.4. The summed E-state index contributed by atoms with van der Waals surface area (Å²) in [4.78, 5) is 12.0. The van der Waals surface area contributed by atoms with Crippen molar-refractivity contribution < 1.29 is 9.22 Å². The standard InChI is InChI=1S/C16H32O2Si/c1-10-12(3)15(13(4)14(17)11-2)18-19(8,9)16(5,6)7/h10,12-13,15H,1,11H2,2-9H3/t12-,13+,15+/m0/s1. The number of ketones is 1. The minimum atomic E-state index is -1.87. The largest absolute Gasteiger partial charge is 0.413 e. The molecule has 0 aliphatic carbocycles. The maximum atomic E-state index is 12.0. The lowest BCUT2D eigenvalue weighted by Gasteiger charge is -2.42. The zero-order valence-corrected chi connectivity index (χ0v) is 15.0. The monoisotopic (exact) mass is 284 g/mol. The van der Waals surface area contributed by atoms with Gasteiger partial charge in [-0.1, -0.05) is 47.6 Å². The Kier molecular flexibility index (Phi) is 6.70. The molecule has 0 saturated carbocycles. The molecule has 0 aromatic rings. The van der Waals surface area contributed by atoms with Gasteiger partial charge in [-0.25, -0.2) is 0 Å². The van der Waals surface area contributed by atoms with Crippen molar-refractivity contribution in [2.24, 2.45) is 11.8 Å². The van der Waals surface area contributed by atoms with Crippen LogP contribution in [0, 0.1) is 11.8 Å².